The van der Waals surface area contributed by atoms with Crippen LogP contribution < -0.4 is 14.8 Å². The van der Waals surface area contributed by atoms with Crippen molar-refractivity contribution >= 4 is 33.3 Å². The first-order valence-corrected chi connectivity index (χ1v) is 6.33. The molecule has 1 N–H and O–H groups in total. The quantitative estimate of drug-likeness (QED) is 0.644. The maximum Gasteiger partial charge on any atom is 0.232 e. The standard InChI is InChI=1S/C12H14BrNO4/c1-17-9-4-3-5-10(18-2)12(9)14-11(16)6-8(15)7-13/h3-5H,6-7H2,1-2H3,(H,14,16). The van der Waals surface area contributed by atoms with Gasteiger partial charge in [-0.25, -0.2) is 0 Å². The van der Waals surface area contributed by atoms with Gasteiger partial charge in [-0.05, 0) is 12.1 Å². The molecule has 0 fully saturated rings. The Hall–Kier alpha value is -1.56. The summed E-state index contributed by atoms with van der Waals surface area (Å²) in [5.41, 5.74) is 0.426. The first kappa shape index (κ1) is 14.5. The zero-order valence-electron chi connectivity index (χ0n) is 10.2. The number of rotatable bonds is 6. The molecule has 0 saturated carbocycles. The Morgan fingerprint density at radius 3 is 2.22 bits per heavy atom. The highest BCUT2D eigenvalue weighted by molar-refractivity contribution is 9.09. The number of Topliss-reactive ketones (excluding diaryl/α,β-unsaturated/α-hetero) is 1. The van der Waals surface area contributed by atoms with E-state index in [9.17, 15) is 9.59 Å². The summed E-state index contributed by atoms with van der Waals surface area (Å²) in [4.78, 5) is 22.8. The minimum absolute atomic E-state index is 0.156. The van der Waals surface area contributed by atoms with Crippen LogP contribution in [0.25, 0.3) is 0 Å². The van der Waals surface area contributed by atoms with Crippen LogP contribution in [0.4, 0.5) is 5.69 Å². The van der Waals surface area contributed by atoms with Crippen molar-refractivity contribution in [3.8, 4) is 11.5 Å². The molecule has 0 atom stereocenters. The third-order valence-corrected chi connectivity index (χ3v) is 2.82. The molecule has 1 aromatic carbocycles. The number of anilines is 1. The Morgan fingerprint density at radius 1 is 1.22 bits per heavy atom. The summed E-state index contributed by atoms with van der Waals surface area (Å²) < 4.78 is 10.3. The van der Waals surface area contributed by atoms with Gasteiger partial charge < -0.3 is 14.8 Å². The second-order valence-corrected chi connectivity index (χ2v) is 4.00. The number of hydrogen-bond acceptors (Lipinski definition) is 4. The highest BCUT2D eigenvalue weighted by Gasteiger charge is 2.14. The van der Waals surface area contributed by atoms with Crippen LogP contribution in [0.3, 0.4) is 0 Å². The molecule has 0 aliphatic heterocycles. The number of para-hydroxylation sites is 1. The van der Waals surface area contributed by atoms with Gasteiger partial charge >= 0.3 is 0 Å². The monoisotopic (exact) mass is 315 g/mol. The van der Waals surface area contributed by atoms with Gasteiger partial charge in [0.1, 0.15) is 17.2 Å². The van der Waals surface area contributed by atoms with Crippen molar-refractivity contribution < 1.29 is 19.1 Å². The van der Waals surface area contributed by atoms with E-state index in [0.29, 0.717) is 17.2 Å². The van der Waals surface area contributed by atoms with Crippen LogP contribution in [0.1, 0.15) is 6.42 Å². The van der Waals surface area contributed by atoms with Crippen LogP contribution in [0.2, 0.25) is 0 Å². The molecule has 0 bridgehead atoms. The third-order valence-electron chi connectivity index (χ3n) is 2.20. The van der Waals surface area contributed by atoms with E-state index in [0.717, 1.165) is 0 Å². The van der Waals surface area contributed by atoms with Gasteiger partial charge in [0, 0.05) is 0 Å². The lowest BCUT2D eigenvalue weighted by Gasteiger charge is -2.13. The summed E-state index contributed by atoms with van der Waals surface area (Å²) in [5, 5.41) is 2.77. The Kier molecular flexibility index (Phi) is 5.64. The highest BCUT2D eigenvalue weighted by Crippen LogP contribution is 2.34. The highest BCUT2D eigenvalue weighted by atomic mass is 79.9. The summed E-state index contributed by atoms with van der Waals surface area (Å²) >= 11 is 3.01. The van der Waals surface area contributed by atoms with Crippen LogP contribution in [0.15, 0.2) is 18.2 Å². The van der Waals surface area contributed by atoms with Crippen molar-refractivity contribution in [2.24, 2.45) is 0 Å². The molecule has 0 unspecified atom stereocenters. The topological polar surface area (TPSA) is 64.6 Å². The van der Waals surface area contributed by atoms with Gasteiger partial charge in [-0.3, -0.25) is 9.59 Å². The number of hydrogen-bond donors (Lipinski definition) is 1. The van der Waals surface area contributed by atoms with Crippen LogP contribution in [-0.4, -0.2) is 31.2 Å². The van der Waals surface area contributed by atoms with Gasteiger partial charge in [0.2, 0.25) is 5.91 Å². The van der Waals surface area contributed by atoms with Gasteiger partial charge in [-0.1, -0.05) is 22.0 Å². The summed E-state index contributed by atoms with van der Waals surface area (Å²) in [6.07, 6.45) is -0.188. The second-order valence-electron chi connectivity index (χ2n) is 3.43. The SMILES string of the molecule is COc1cccc(OC)c1NC(=O)CC(=O)CBr. The summed E-state index contributed by atoms with van der Waals surface area (Å²) in [7, 11) is 2.99. The smallest absolute Gasteiger partial charge is 0.232 e. The predicted octanol–water partition coefficient (Wildman–Crippen LogP) is 2.00. The lowest BCUT2D eigenvalue weighted by atomic mass is 10.2. The zero-order valence-corrected chi connectivity index (χ0v) is 11.7. The number of ketones is 1. The molecule has 18 heavy (non-hydrogen) atoms. The molecule has 1 rings (SSSR count). The fourth-order valence-electron chi connectivity index (χ4n) is 1.38. The van der Waals surface area contributed by atoms with Gasteiger partial charge in [-0.15, -0.1) is 0 Å². The largest absolute Gasteiger partial charge is 0.494 e. The molecule has 0 heterocycles. The maximum absolute atomic E-state index is 11.7. The number of amides is 1. The number of carbonyl (C=O) groups excluding carboxylic acids is 2. The Balaban J connectivity index is 2.88. The molecule has 0 spiro atoms. The first-order chi connectivity index (χ1) is 8.62. The minimum atomic E-state index is -0.401. The molecule has 0 radical (unpaired) electrons. The van der Waals surface area contributed by atoms with Crippen molar-refractivity contribution in [3.63, 3.8) is 0 Å². The number of benzene rings is 1. The van der Waals surface area contributed by atoms with Crippen LogP contribution >= 0.6 is 15.9 Å². The number of carbonyl (C=O) groups is 2. The number of alkyl halides is 1. The molecule has 1 amide bonds. The van der Waals surface area contributed by atoms with E-state index in [1.54, 1.807) is 18.2 Å². The molecular weight excluding hydrogens is 302 g/mol. The number of methoxy groups -OCH3 is 2. The van der Waals surface area contributed by atoms with Crippen LogP contribution in [0.5, 0.6) is 11.5 Å². The molecule has 5 nitrogen and oxygen atoms in total. The van der Waals surface area contributed by atoms with E-state index >= 15 is 0 Å². The Bertz CT molecular complexity index is 425. The molecule has 6 heteroatoms. The van der Waals surface area contributed by atoms with Crippen molar-refractivity contribution in [1.82, 2.24) is 0 Å². The Labute approximate surface area is 114 Å². The summed E-state index contributed by atoms with van der Waals surface area (Å²) in [6, 6.07) is 5.14. The average molecular weight is 316 g/mol. The van der Waals surface area contributed by atoms with Gasteiger partial charge in [0.25, 0.3) is 0 Å². The number of ether oxygens (including phenoxy) is 2. The van der Waals surface area contributed by atoms with E-state index in [1.165, 1.54) is 14.2 Å². The number of nitrogens with one attached hydrogen (secondary N) is 1. The van der Waals surface area contributed by atoms with Crippen molar-refractivity contribution in [3.05, 3.63) is 18.2 Å². The van der Waals surface area contributed by atoms with Gasteiger partial charge in [0.05, 0.1) is 26.0 Å². The second kappa shape index (κ2) is 7.00. The van der Waals surface area contributed by atoms with Gasteiger partial charge in [0.15, 0.2) is 5.78 Å². The predicted molar refractivity (Wildman–Crippen MR) is 71.6 cm³/mol. The van der Waals surface area contributed by atoms with Crippen molar-refractivity contribution in [2.45, 2.75) is 6.42 Å². The fraction of sp³-hybridized carbons (Fsp3) is 0.333. The molecule has 0 aromatic heterocycles. The van der Waals surface area contributed by atoms with Crippen LogP contribution in [0, 0.1) is 0 Å². The lowest BCUT2D eigenvalue weighted by Crippen LogP contribution is -2.17. The Morgan fingerprint density at radius 2 is 1.78 bits per heavy atom. The summed E-state index contributed by atoms with van der Waals surface area (Å²) in [6.45, 7) is 0. The van der Waals surface area contributed by atoms with E-state index in [4.69, 9.17) is 9.47 Å². The first-order valence-electron chi connectivity index (χ1n) is 5.20. The van der Waals surface area contributed by atoms with Crippen molar-refractivity contribution in [1.29, 1.82) is 0 Å². The average Bonchev–Trinajstić information content (AvgIpc) is 2.38. The van der Waals surface area contributed by atoms with E-state index in [-0.39, 0.29) is 17.5 Å². The molecule has 1 aromatic rings. The molecular formula is C12H14BrNO4. The maximum atomic E-state index is 11.7. The molecule has 0 saturated heterocycles. The number of halogens is 1. The molecule has 0 aliphatic carbocycles. The summed E-state index contributed by atoms with van der Waals surface area (Å²) in [5.74, 6) is 0.367. The lowest BCUT2D eigenvalue weighted by molar-refractivity contribution is -0.123. The van der Waals surface area contributed by atoms with Crippen molar-refractivity contribution in [2.75, 3.05) is 24.9 Å². The molecule has 98 valence electrons. The van der Waals surface area contributed by atoms with E-state index in [1.807, 2.05) is 0 Å². The zero-order chi connectivity index (χ0) is 13.5. The fourth-order valence-corrected chi connectivity index (χ4v) is 1.58. The van der Waals surface area contributed by atoms with Gasteiger partial charge in [-0.2, -0.15) is 0 Å². The normalized spacial score (nSPS) is 9.72. The van der Waals surface area contributed by atoms with E-state index < -0.39 is 5.91 Å². The van der Waals surface area contributed by atoms with E-state index in [2.05, 4.69) is 21.2 Å². The van der Waals surface area contributed by atoms with Crippen LogP contribution in [-0.2, 0) is 9.59 Å². The minimum Gasteiger partial charge on any atom is -0.494 e. The molecule has 0 aliphatic rings. The third kappa shape index (κ3) is 3.73.